The molecule has 0 amide bonds. The molecule has 0 saturated carbocycles. The maximum atomic E-state index is 9.31. The fraction of sp³-hybridized carbons (Fsp3) is 0.538. The summed E-state index contributed by atoms with van der Waals surface area (Å²) >= 11 is 0. The van der Waals surface area contributed by atoms with Crippen molar-refractivity contribution in [2.24, 2.45) is 0 Å². The largest absolute Gasteiger partial charge is 0.485 e. The standard InChI is InChI=1S/C13H18O2/c1-9-4-5-11-6-7-13(3,8-14)15-12(11)10(9)2/h4-5,14H,6-8H2,1-3H3/t13-/m0/s1. The number of benzene rings is 1. The molecule has 0 aromatic heterocycles. The smallest absolute Gasteiger partial charge is 0.129 e. The first kappa shape index (κ1) is 10.5. The van der Waals surface area contributed by atoms with E-state index in [1.54, 1.807) is 0 Å². The van der Waals surface area contributed by atoms with Crippen LogP contribution in [-0.4, -0.2) is 17.3 Å². The van der Waals surface area contributed by atoms with Gasteiger partial charge in [0.1, 0.15) is 11.4 Å². The zero-order valence-corrected chi connectivity index (χ0v) is 9.63. The van der Waals surface area contributed by atoms with Gasteiger partial charge in [0, 0.05) is 0 Å². The van der Waals surface area contributed by atoms with E-state index >= 15 is 0 Å². The maximum absolute atomic E-state index is 9.31. The summed E-state index contributed by atoms with van der Waals surface area (Å²) < 4.78 is 5.93. The molecule has 2 nitrogen and oxygen atoms in total. The summed E-state index contributed by atoms with van der Waals surface area (Å²) in [6.07, 6.45) is 1.88. The molecule has 15 heavy (non-hydrogen) atoms. The minimum atomic E-state index is -0.397. The number of hydrogen-bond donors (Lipinski definition) is 1. The van der Waals surface area contributed by atoms with Gasteiger partial charge in [0.25, 0.3) is 0 Å². The van der Waals surface area contributed by atoms with Crippen molar-refractivity contribution in [3.63, 3.8) is 0 Å². The number of hydrogen-bond acceptors (Lipinski definition) is 2. The highest BCUT2D eigenvalue weighted by molar-refractivity contribution is 5.46. The van der Waals surface area contributed by atoms with Crippen molar-refractivity contribution in [1.29, 1.82) is 0 Å². The lowest BCUT2D eigenvalue weighted by Crippen LogP contribution is -2.40. The SMILES string of the molecule is Cc1ccc2c(c1C)O[C@](C)(CO)CC2. The van der Waals surface area contributed by atoms with Crippen molar-refractivity contribution in [2.75, 3.05) is 6.61 Å². The molecule has 1 aliphatic rings. The second-order valence-electron chi connectivity index (χ2n) is 4.71. The van der Waals surface area contributed by atoms with Crippen LogP contribution in [0.25, 0.3) is 0 Å². The van der Waals surface area contributed by atoms with Gasteiger partial charge in [-0.2, -0.15) is 0 Å². The number of ether oxygens (including phenoxy) is 1. The molecule has 1 N–H and O–H groups in total. The minimum absolute atomic E-state index is 0.0832. The van der Waals surface area contributed by atoms with E-state index in [9.17, 15) is 5.11 Å². The van der Waals surface area contributed by atoms with E-state index in [1.807, 2.05) is 6.92 Å². The van der Waals surface area contributed by atoms with Gasteiger partial charge >= 0.3 is 0 Å². The predicted molar refractivity (Wildman–Crippen MR) is 60.4 cm³/mol. The minimum Gasteiger partial charge on any atom is -0.485 e. The van der Waals surface area contributed by atoms with Crippen LogP contribution in [0.1, 0.15) is 30.0 Å². The van der Waals surface area contributed by atoms with Crippen LogP contribution in [-0.2, 0) is 6.42 Å². The topological polar surface area (TPSA) is 29.5 Å². The molecule has 0 aliphatic carbocycles. The maximum Gasteiger partial charge on any atom is 0.129 e. The van der Waals surface area contributed by atoms with Gasteiger partial charge in [0.2, 0.25) is 0 Å². The molecule has 1 aliphatic heterocycles. The van der Waals surface area contributed by atoms with E-state index in [-0.39, 0.29) is 6.61 Å². The first-order chi connectivity index (χ1) is 7.06. The Labute approximate surface area is 90.9 Å². The highest BCUT2D eigenvalue weighted by atomic mass is 16.5. The molecule has 0 spiro atoms. The molecule has 1 atom stereocenters. The zero-order valence-electron chi connectivity index (χ0n) is 9.63. The fourth-order valence-corrected chi connectivity index (χ4v) is 1.99. The highest BCUT2D eigenvalue weighted by Gasteiger charge is 2.31. The molecular formula is C13H18O2. The van der Waals surface area contributed by atoms with E-state index in [2.05, 4.69) is 26.0 Å². The molecule has 2 rings (SSSR count). The molecule has 0 fully saturated rings. The number of aliphatic hydroxyl groups is 1. The summed E-state index contributed by atoms with van der Waals surface area (Å²) in [5, 5.41) is 9.31. The molecule has 0 unspecified atom stereocenters. The highest BCUT2D eigenvalue weighted by Crippen LogP contribution is 2.36. The first-order valence-electron chi connectivity index (χ1n) is 5.45. The Morgan fingerprint density at radius 3 is 2.80 bits per heavy atom. The lowest BCUT2D eigenvalue weighted by molar-refractivity contribution is 0.00745. The van der Waals surface area contributed by atoms with Gasteiger partial charge in [-0.25, -0.2) is 0 Å². The molecule has 1 aromatic carbocycles. The molecule has 1 aromatic rings. The number of aryl methyl sites for hydroxylation is 2. The number of rotatable bonds is 1. The van der Waals surface area contributed by atoms with Crippen LogP contribution < -0.4 is 4.74 Å². The summed E-state index contributed by atoms with van der Waals surface area (Å²) in [5.74, 6) is 0.984. The Morgan fingerprint density at radius 1 is 1.40 bits per heavy atom. The summed E-state index contributed by atoms with van der Waals surface area (Å²) in [6, 6.07) is 4.27. The average molecular weight is 206 g/mol. The van der Waals surface area contributed by atoms with E-state index in [0.29, 0.717) is 0 Å². The van der Waals surface area contributed by atoms with Gasteiger partial charge in [-0.3, -0.25) is 0 Å². The van der Waals surface area contributed by atoms with Gasteiger partial charge in [-0.15, -0.1) is 0 Å². The normalized spacial score (nSPS) is 24.5. The molecule has 1 heterocycles. The Balaban J connectivity index is 2.44. The van der Waals surface area contributed by atoms with E-state index in [4.69, 9.17) is 4.74 Å². The molecular weight excluding hydrogens is 188 g/mol. The van der Waals surface area contributed by atoms with E-state index < -0.39 is 5.60 Å². The van der Waals surface area contributed by atoms with Crippen LogP contribution in [0.4, 0.5) is 0 Å². The van der Waals surface area contributed by atoms with Gasteiger partial charge in [-0.1, -0.05) is 12.1 Å². The molecule has 0 saturated heterocycles. The number of aliphatic hydroxyl groups excluding tert-OH is 1. The van der Waals surface area contributed by atoms with Gasteiger partial charge in [0.15, 0.2) is 0 Å². The third-order valence-electron chi connectivity index (χ3n) is 3.36. The number of fused-ring (bicyclic) bond motifs is 1. The quantitative estimate of drug-likeness (QED) is 0.764. The Kier molecular flexibility index (Phi) is 2.47. The molecule has 82 valence electrons. The van der Waals surface area contributed by atoms with Gasteiger partial charge < -0.3 is 9.84 Å². The van der Waals surface area contributed by atoms with E-state index in [1.165, 1.54) is 16.7 Å². The summed E-state index contributed by atoms with van der Waals surface area (Å²) in [6.45, 7) is 6.22. The van der Waals surface area contributed by atoms with Crippen molar-refractivity contribution in [2.45, 2.75) is 39.2 Å². The first-order valence-corrected chi connectivity index (χ1v) is 5.45. The van der Waals surface area contributed by atoms with Crippen molar-refractivity contribution < 1.29 is 9.84 Å². The van der Waals surface area contributed by atoms with Crippen molar-refractivity contribution in [1.82, 2.24) is 0 Å². The monoisotopic (exact) mass is 206 g/mol. The van der Waals surface area contributed by atoms with E-state index in [0.717, 1.165) is 18.6 Å². The predicted octanol–water partition coefficient (Wildman–Crippen LogP) is 2.38. The van der Waals surface area contributed by atoms with Crippen LogP contribution >= 0.6 is 0 Å². The van der Waals surface area contributed by atoms with Crippen LogP contribution in [0.3, 0.4) is 0 Å². The lowest BCUT2D eigenvalue weighted by atomic mass is 9.91. The van der Waals surface area contributed by atoms with Crippen LogP contribution in [0.5, 0.6) is 5.75 Å². The average Bonchev–Trinajstić information content (AvgIpc) is 2.25. The fourth-order valence-electron chi connectivity index (χ4n) is 1.99. The summed E-state index contributed by atoms with van der Waals surface area (Å²) in [7, 11) is 0. The molecule has 0 radical (unpaired) electrons. The van der Waals surface area contributed by atoms with Gasteiger partial charge in [-0.05, 0) is 50.3 Å². The zero-order chi connectivity index (χ0) is 11.1. The van der Waals surface area contributed by atoms with Gasteiger partial charge in [0.05, 0.1) is 6.61 Å². The molecule has 0 bridgehead atoms. The Bertz CT molecular complexity index is 384. The van der Waals surface area contributed by atoms with Crippen LogP contribution in [0.15, 0.2) is 12.1 Å². The van der Waals surface area contributed by atoms with Crippen molar-refractivity contribution >= 4 is 0 Å². The second-order valence-corrected chi connectivity index (χ2v) is 4.71. The third kappa shape index (κ3) is 1.74. The molecule has 2 heteroatoms. The summed E-state index contributed by atoms with van der Waals surface area (Å²) in [4.78, 5) is 0. The second kappa shape index (κ2) is 3.53. The van der Waals surface area contributed by atoms with Crippen LogP contribution in [0, 0.1) is 13.8 Å². The van der Waals surface area contributed by atoms with Crippen molar-refractivity contribution in [3.8, 4) is 5.75 Å². The Morgan fingerprint density at radius 2 is 2.13 bits per heavy atom. The lowest BCUT2D eigenvalue weighted by Gasteiger charge is -2.35. The Hall–Kier alpha value is -1.02. The summed E-state index contributed by atoms with van der Waals surface area (Å²) in [5.41, 5.74) is 3.32. The third-order valence-corrected chi connectivity index (χ3v) is 3.36. The van der Waals surface area contributed by atoms with Crippen molar-refractivity contribution in [3.05, 3.63) is 28.8 Å². The van der Waals surface area contributed by atoms with Crippen LogP contribution in [0.2, 0.25) is 0 Å².